The van der Waals surface area contributed by atoms with Crippen molar-refractivity contribution in [2.75, 3.05) is 36.0 Å². The third-order valence-electron chi connectivity index (χ3n) is 3.82. The lowest BCUT2D eigenvalue weighted by Crippen LogP contribution is -2.47. The van der Waals surface area contributed by atoms with Crippen LogP contribution in [-0.2, 0) is 0 Å². The molecule has 1 aromatic heterocycles. The summed E-state index contributed by atoms with van der Waals surface area (Å²) < 4.78 is 0. The average molecular weight is 322 g/mol. The molecule has 0 unspecified atom stereocenters. The summed E-state index contributed by atoms with van der Waals surface area (Å²) in [4.78, 5) is 8.99. The van der Waals surface area contributed by atoms with Crippen LogP contribution in [0.2, 0.25) is 10.0 Å². The van der Waals surface area contributed by atoms with Crippen LogP contribution >= 0.6 is 23.2 Å². The van der Waals surface area contributed by atoms with Gasteiger partial charge in [0.2, 0.25) is 0 Å². The first kappa shape index (κ1) is 14.5. The Morgan fingerprint density at radius 2 is 1.67 bits per heavy atom. The van der Waals surface area contributed by atoms with Gasteiger partial charge in [0.25, 0.3) is 0 Å². The second-order valence-corrected chi connectivity index (χ2v) is 6.06. The maximum atomic E-state index is 6.24. The maximum Gasteiger partial charge on any atom is 0.147 e. The Labute approximate surface area is 135 Å². The number of benzene rings is 1. The number of para-hydroxylation sites is 1. The zero-order chi connectivity index (χ0) is 14.8. The minimum atomic E-state index is 0.572. The van der Waals surface area contributed by atoms with Crippen molar-refractivity contribution in [2.24, 2.45) is 0 Å². The lowest BCUT2D eigenvalue weighted by Gasteiger charge is -2.37. The highest BCUT2D eigenvalue weighted by Gasteiger charge is 2.20. The van der Waals surface area contributed by atoms with E-state index in [-0.39, 0.29) is 0 Å². The first-order valence-electron chi connectivity index (χ1n) is 7.02. The van der Waals surface area contributed by atoms with Crippen LogP contribution in [0.25, 0.3) is 0 Å². The highest BCUT2D eigenvalue weighted by atomic mass is 35.5. The van der Waals surface area contributed by atoms with Crippen molar-refractivity contribution in [1.82, 2.24) is 4.98 Å². The van der Waals surface area contributed by atoms with Crippen molar-refractivity contribution in [1.29, 1.82) is 0 Å². The number of hydrogen-bond donors (Lipinski definition) is 0. The second kappa shape index (κ2) is 6.12. The molecule has 0 radical (unpaired) electrons. The lowest BCUT2D eigenvalue weighted by molar-refractivity contribution is 0.646. The molecule has 0 spiro atoms. The fourth-order valence-corrected chi connectivity index (χ4v) is 3.22. The van der Waals surface area contributed by atoms with Gasteiger partial charge in [0.1, 0.15) is 5.82 Å². The Balaban J connectivity index is 1.72. The Morgan fingerprint density at radius 1 is 1.00 bits per heavy atom. The third-order valence-corrected chi connectivity index (χ3v) is 4.31. The van der Waals surface area contributed by atoms with Crippen LogP contribution in [0.4, 0.5) is 11.5 Å². The summed E-state index contributed by atoms with van der Waals surface area (Å²) in [7, 11) is 0. The minimum absolute atomic E-state index is 0.572. The van der Waals surface area contributed by atoms with E-state index < -0.39 is 0 Å². The molecule has 0 N–H and O–H groups in total. The summed E-state index contributed by atoms with van der Waals surface area (Å²) in [6.45, 7) is 5.89. The van der Waals surface area contributed by atoms with E-state index in [1.54, 1.807) is 12.3 Å². The van der Waals surface area contributed by atoms with E-state index in [1.165, 1.54) is 11.3 Å². The Morgan fingerprint density at radius 3 is 2.33 bits per heavy atom. The highest BCUT2D eigenvalue weighted by Crippen LogP contribution is 2.28. The number of nitrogens with zero attached hydrogens (tertiary/aromatic N) is 3. The predicted octanol–water partition coefficient (Wildman–Crippen LogP) is 4.02. The molecule has 5 heteroatoms. The molecular formula is C16H17Cl2N3. The lowest BCUT2D eigenvalue weighted by atomic mass is 10.1. The number of pyridine rings is 1. The van der Waals surface area contributed by atoms with Crippen molar-refractivity contribution in [2.45, 2.75) is 6.92 Å². The summed E-state index contributed by atoms with van der Waals surface area (Å²) in [5.41, 5.74) is 2.63. The van der Waals surface area contributed by atoms with E-state index in [2.05, 4.69) is 46.0 Å². The fraction of sp³-hybridized carbons (Fsp3) is 0.312. The van der Waals surface area contributed by atoms with E-state index in [9.17, 15) is 0 Å². The SMILES string of the molecule is Cc1ccccc1N1CCN(c2ncc(Cl)cc2Cl)CC1. The van der Waals surface area contributed by atoms with Gasteiger partial charge in [0.15, 0.2) is 0 Å². The Hall–Kier alpha value is -1.45. The smallest absolute Gasteiger partial charge is 0.147 e. The van der Waals surface area contributed by atoms with E-state index in [4.69, 9.17) is 23.2 Å². The molecule has 0 aliphatic carbocycles. The van der Waals surface area contributed by atoms with Gasteiger partial charge < -0.3 is 9.80 Å². The van der Waals surface area contributed by atoms with E-state index in [0.717, 1.165) is 32.0 Å². The minimum Gasteiger partial charge on any atom is -0.368 e. The molecule has 1 aromatic carbocycles. The van der Waals surface area contributed by atoms with Gasteiger partial charge in [-0.15, -0.1) is 0 Å². The van der Waals surface area contributed by atoms with Crippen molar-refractivity contribution < 1.29 is 0 Å². The molecular weight excluding hydrogens is 305 g/mol. The maximum absolute atomic E-state index is 6.24. The van der Waals surface area contributed by atoms with Gasteiger partial charge in [-0.05, 0) is 24.6 Å². The average Bonchev–Trinajstić information content (AvgIpc) is 2.48. The van der Waals surface area contributed by atoms with Crippen LogP contribution in [0.5, 0.6) is 0 Å². The van der Waals surface area contributed by atoms with Gasteiger partial charge in [-0.25, -0.2) is 4.98 Å². The van der Waals surface area contributed by atoms with Gasteiger partial charge in [-0.1, -0.05) is 41.4 Å². The van der Waals surface area contributed by atoms with Crippen LogP contribution in [0.1, 0.15) is 5.56 Å². The van der Waals surface area contributed by atoms with Crippen molar-refractivity contribution >= 4 is 34.7 Å². The number of rotatable bonds is 2. The molecule has 3 rings (SSSR count). The van der Waals surface area contributed by atoms with Crippen molar-refractivity contribution in [3.63, 3.8) is 0 Å². The molecule has 0 atom stereocenters. The molecule has 0 amide bonds. The standard InChI is InChI=1S/C16H17Cl2N3/c1-12-4-2-3-5-15(12)20-6-8-21(9-7-20)16-14(18)10-13(17)11-19-16/h2-5,10-11H,6-9H2,1H3. The molecule has 1 saturated heterocycles. The molecule has 2 heterocycles. The number of anilines is 2. The number of aryl methyl sites for hydroxylation is 1. The van der Waals surface area contributed by atoms with E-state index in [0.29, 0.717) is 10.0 Å². The van der Waals surface area contributed by atoms with Crippen LogP contribution in [0.15, 0.2) is 36.5 Å². The molecule has 1 aliphatic heterocycles. The molecule has 1 aliphatic rings. The topological polar surface area (TPSA) is 19.4 Å². The largest absolute Gasteiger partial charge is 0.368 e. The van der Waals surface area contributed by atoms with Crippen LogP contribution < -0.4 is 9.80 Å². The zero-order valence-corrected chi connectivity index (χ0v) is 13.4. The second-order valence-electron chi connectivity index (χ2n) is 5.22. The first-order chi connectivity index (χ1) is 10.1. The third kappa shape index (κ3) is 3.09. The molecule has 110 valence electrons. The number of piperazine rings is 1. The number of halogens is 2. The Bertz CT molecular complexity index is 637. The van der Waals surface area contributed by atoms with Crippen LogP contribution in [0, 0.1) is 6.92 Å². The normalized spacial score (nSPS) is 15.4. The van der Waals surface area contributed by atoms with Gasteiger partial charge >= 0.3 is 0 Å². The summed E-state index contributed by atoms with van der Waals surface area (Å²) in [5, 5.41) is 1.19. The van der Waals surface area contributed by atoms with Gasteiger partial charge in [-0.3, -0.25) is 0 Å². The number of aromatic nitrogens is 1. The van der Waals surface area contributed by atoms with Crippen LogP contribution in [-0.4, -0.2) is 31.2 Å². The zero-order valence-electron chi connectivity index (χ0n) is 11.9. The molecule has 21 heavy (non-hydrogen) atoms. The van der Waals surface area contributed by atoms with Gasteiger partial charge in [-0.2, -0.15) is 0 Å². The molecule has 1 fully saturated rings. The highest BCUT2D eigenvalue weighted by molar-refractivity contribution is 6.36. The van der Waals surface area contributed by atoms with E-state index in [1.807, 2.05) is 0 Å². The first-order valence-corrected chi connectivity index (χ1v) is 7.77. The molecule has 0 saturated carbocycles. The fourth-order valence-electron chi connectivity index (χ4n) is 2.72. The summed E-state index contributed by atoms with van der Waals surface area (Å²) in [6, 6.07) is 10.2. The monoisotopic (exact) mass is 321 g/mol. The molecule has 0 bridgehead atoms. The van der Waals surface area contributed by atoms with E-state index >= 15 is 0 Å². The predicted molar refractivity (Wildman–Crippen MR) is 89.9 cm³/mol. The summed E-state index contributed by atoms with van der Waals surface area (Å²) >= 11 is 12.1. The summed E-state index contributed by atoms with van der Waals surface area (Å²) in [6.07, 6.45) is 1.65. The summed E-state index contributed by atoms with van der Waals surface area (Å²) in [5.74, 6) is 0.825. The number of hydrogen-bond acceptors (Lipinski definition) is 3. The van der Waals surface area contributed by atoms with Crippen molar-refractivity contribution in [3.05, 3.63) is 52.1 Å². The van der Waals surface area contributed by atoms with Gasteiger partial charge in [0.05, 0.1) is 10.0 Å². The van der Waals surface area contributed by atoms with Gasteiger partial charge in [0, 0.05) is 38.1 Å². The molecule has 2 aromatic rings. The quantitative estimate of drug-likeness (QED) is 0.832. The Kier molecular flexibility index (Phi) is 4.22. The van der Waals surface area contributed by atoms with Crippen LogP contribution in [0.3, 0.4) is 0 Å². The van der Waals surface area contributed by atoms with Crippen molar-refractivity contribution in [3.8, 4) is 0 Å². The molecule has 3 nitrogen and oxygen atoms in total.